The quantitative estimate of drug-likeness (QED) is 0.739. The smallest absolute Gasteiger partial charge is 0.254 e. The molecule has 1 amide bonds. The predicted molar refractivity (Wildman–Crippen MR) is 107 cm³/mol. The zero-order chi connectivity index (χ0) is 20.1. The maximum atomic E-state index is 14.2. The Hall–Kier alpha value is -2.12. The van der Waals surface area contributed by atoms with Crippen molar-refractivity contribution in [3.05, 3.63) is 63.9 Å². The van der Waals surface area contributed by atoms with Crippen LogP contribution in [0.3, 0.4) is 0 Å². The standard InChI is InChI=1S/C20H20ClFN2O3S/c1-28(26,27)24-10-9-13-11-14(5-8-19(13)24)20(25)23(15-6-7-15)12-16-17(21)3-2-4-18(16)22/h2-5,8,11,15H,6-7,9-10,12H2,1H3. The first kappa shape index (κ1) is 19.2. The molecule has 0 saturated heterocycles. The van der Waals surface area contributed by atoms with Gasteiger partial charge in [-0.05, 0) is 55.2 Å². The lowest BCUT2D eigenvalue weighted by Gasteiger charge is -2.24. The Balaban J connectivity index is 1.63. The SMILES string of the molecule is CS(=O)(=O)N1CCc2cc(C(=O)N(Cc3c(F)cccc3Cl)C3CC3)ccc21. The van der Waals surface area contributed by atoms with E-state index in [4.69, 9.17) is 11.6 Å². The van der Waals surface area contributed by atoms with Gasteiger partial charge in [-0.2, -0.15) is 0 Å². The van der Waals surface area contributed by atoms with Crippen LogP contribution < -0.4 is 4.31 Å². The molecule has 2 aliphatic rings. The van der Waals surface area contributed by atoms with Gasteiger partial charge in [-0.25, -0.2) is 12.8 Å². The second-order valence-corrected chi connectivity index (χ2v) is 9.61. The summed E-state index contributed by atoms with van der Waals surface area (Å²) >= 11 is 6.14. The van der Waals surface area contributed by atoms with E-state index in [1.807, 2.05) is 0 Å². The van der Waals surface area contributed by atoms with Gasteiger partial charge in [-0.15, -0.1) is 0 Å². The van der Waals surface area contributed by atoms with Crippen molar-refractivity contribution in [2.75, 3.05) is 17.1 Å². The number of rotatable bonds is 5. The summed E-state index contributed by atoms with van der Waals surface area (Å²) in [6.07, 6.45) is 3.50. The number of halogens is 2. The fourth-order valence-electron chi connectivity index (χ4n) is 3.62. The van der Waals surface area contributed by atoms with Crippen LogP contribution in [0.15, 0.2) is 36.4 Å². The van der Waals surface area contributed by atoms with E-state index in [0.29, 0.717) is 34.8 Å². The minimum atomic E-state index is -3.34. The summed E-state index contributed by atoms with van der Waals surface area (Å²) in [6, 6.07) is 9.64. The molecular weight excluding hydrogens is 403 g/mol. The number of carbonyl (C=O) groups is 1. The van der Waals surface area contributed by atoms with Crippen LogP contribution in [0.2, 0.25) is 5.02 Å². The highest BCUT2D eigenvalue weighted by atomic mass is 35.5. The molecule has 0 bridgehead atoms. The van der Waals surface area contributed by atoms with Crippen LogP contribution in [-0.4, -0.2) is 38.1 Å². The molecule has 148 valence electrons. The van der Waals surface area contributed by atoms with Gasteiger partial charge in [-0.1, -0.05) is 17.7 Å². The normalized spacial score (nSPS) is 16.2. The topological polar surface area (TPSA) is 57.7 Å². The molecule has 2 aromatic carbocycles. The first-order valence-corrected chi connectivity index (χ1v) is 11.3. The van der Waals surface area contributed by atoms with Crippen LogP contribution in [0.1, 0.15) is 34.3 Å². The average Bonchev–Trinajstić information content (AvgIpc) is 3.37. The van der Waals surface area contributed by atoms with Gasteiger partial charge in [0.15, 0.2) is 0 Å². The molecule has 0 N–H and O–H groups in total. The van der Waals surface area contributed by atoms with E-state index in [0.717, 1.165) is 18.4 Å². The van der Waals surface area contributed by atoms with Crippen molar-refractivity contribution in [3.8, 4) is 0 Å². The molecule has 1 saturated carbocycles. The second-order valence-electron chi connectivity index (χ2n) is 7.29. The summed E-state index contributed by atoms with van der Waals surface area (Å²) in [6.45, 7) is 0.491. The van der Waals surface area contributed by atoms with Gasteiger partial charge in [0.1, 0.15) is 5.82 Å². The summed E-state index contributed by atoms with van der Waals surface area (Å²) < 4.78 is 39.3. The molecule has 28 heavy (non-hydrogen) atoms. The molecule has 4 rings (SSSR count). The van der Waals surface area contributed by atoms with Crippen molar-refractivity contribution in [2.45, 2.75) is 31.8 Å². The molecule has 0 aromatic heterocycles. The third kappa shape index (κ3) is 3.61. The monoisotopic (exact) mass is 422 g/mol. The molecular formula is C20H20ClFN2O3S. The van der Waals surface area contributed by atoms with E-state index in [1.165, 1.54) is 16.6 Å². The van der Waals surface area contributed by atoms with Gasteiger partial charge in [-0.3, -0.25) is 9.10 Å². The van der Waals surface area contributed by atoms with E-state index in [9.17, 15) is 17.6 Å². The van der Waals surface area contributed by atoms with Gasteiger partial charge in [0.25, 0.3) is 5.91 Å². The number of hydrogen-bond acceptors (Lipinski definition) is 3. The number of sulfonamides is 1. The van der Waals surface area contributed by atoms with Crippen LogP contribution in [0.4, 0.5) is 10.1 Å². The third-order valence-corrected chi connectivity index (χ3v) is 6.75. The number of nitrogens with zero attached hydrogens (tertiary/aromatic N) is 2. The molecule has 0 radical (unpaired) electrons. The molecule has 1 aliphatic carbocycles. The molecule has 1 fully saturated rings. The summed E-state index contributed by atoms with van der Waals surface area (Å²) in [5.74, 6) is -0.619. The first-order valence-electron chi connectivity index (χ1n) is 9.10. The van der Waals surface area contributed by atoms with Crippen LogP contribution in [-0.2, 0) is 23.0 Å². The summed E-state index contributed by atoms with van der Waals surface area (Å²) in [7, 11) is -3.34. The minimum Gasteiger partial charge on any atom is -0.331 e. The van der Waals surface area contributed by atoms with E-state index in [1.54, 1.807) is 35.2 Å². The Labute approximate surface area is 168 Å². The Bertz CT molecular complexity index is 1030. The minimum absolute atomic E-state index is 0.0731. The Morgan fingerprint density at radius 2 is 2.04 bits per heavy atom. The summed E-state index contributed by atoms with van der Waals surface area (Å²) in [4.78, 5) is 14.8. The average molecular weight is 423 g/mol. The van der Waals surface area contributed by atoms with Crippen LogP contribution >= 0.6 is 11.6 Å². The molecule has 8 heteroatoms. The van der Waals surface area contributed by atoms with Crippen LogP contribution in [0, 0.1) is 5.82 Å². The number of anilines is 1. The lowest BCUT2D eigenvalue weighted by atomic mass is 10.1. The predicted octanol–water partition coefficient (Wildman–Crippen LogP) is 3.61. The molecule has 2 aromatic rings. The van der Waals surface area contributed by atoms with E-state index in [2.05, 4.69) is 0 Å². The van der Waals surface area contributed by atoms with Gasteiger partial charge >= 0.3 is 0 Å². The fraction of sp³-hybridized carbons (Fsp3) is 0.350. The van der Waals surface area contributed by atoms with Gasteiger partial charge in [0.2, 0.25) is 10.0 Å². The zero-order valence-corrected chi connectivity index (χ0v) is 16.9. The van der Waals surface area contributed by atoms with Crippen LogP contribution in [0.25, 0.3) is 0 Å². The van der Waals surface area contributed by atoms with Crippen molar-refractivity contribution in [1.82, 2.24) is 4.90 Å². The van der Waals surface area contributed by atoms with Crippen LogP contribution in [0.5, 0.6) is 0 Å². The fourth-order valence-corrected chi connectivity index (χ4v) is 4.80. The second kappa shape index (κ2) is 7.04. The molecule has 0 atom stereocenters. The lowest BCUT2D eigenvalue weighted by Crippen LogP contribution is -2.33. The van der Waals surface area contributed by atoms with Gasteiger partial charge < -0.3 is 4.90 Å². The lowest BCUT2D eigenvalue weighted by molar-refractivity contribution is 0.0728. The first-order chi connectivity index (χ1) is 13.3. The van der Waals surface area contributed by atoms with Crippen molar-refractivity contribution in [2.24, 2.45) is 0 Å². The Morgan fingerprint density at radius 1 is 1.29 bits per heavy atom. The zero-order valence-electron chi connectivity index (χ0n) is 15.4. The molecule has 5 nitrogen and oxygen atoms in total. The molecule has 0 unspecified atom stereocenters. The van der Waals surface area contributed by atoms with Crippen molar-refractivity contribution in [1.29, 1.82) is 0 Å². The maximum absolute atomic E-state index is 14.2. The van der Waals surface area contributed by atoms with Gasteiger partial charge in [0.05, 0.1) is 18.5 Å². The number of hydrogen-bond donors (Lipinski definition) is 0. The largest absolute Gasteiger partial charge is 0.331 e. The highest BCUT2D eigenvalue weighted by molar-refractivity contribution is 7.92. The number of carbonyl (C=O) groups excluding carboxylic acids is 1. The Kier molecular flexibility index (Phi) is 4.83. The van der Waals surface area contributed by atoms with Gasteiger partial charge in [0, 0.05) is 28.7 Å². The highest BCUT2D eigenvalue weighted by Gasteiger charge is 2.35. The van der Waals surface area contributed by atoms with E-state index in [-0.39, 0.29) is 18.5 Å². The van der Waals surface area contributed by atoms with E-state index >= 15 is 0 Å². The molecule has 0 spiro atoms. The number of fused-ring (bicyclic) bond motifs is 1. The van der Waals surface area contributed by atoms with Crippen molar-refractivity contribution >= 4 is 33.2 Å². The highest BCUT2D eigenvalue weighted by Crippen LogP contribution is 2.34. The maximum Gasteiger partial charge on any atom is 0.254 e. The van der Waals surface area contributed by atoms with E-state index < -0.39 is 15.8 Å². The summed E-state index contributed by atoms with van der Waals surface area (Å²) in [5.41, 5.74) is 2.24. The number of benzene rings is 2. The summed E-state index contributed by atoms with van der Waals surface area (Å²) in [5, 5.41) is 0.302. The van der Waals surface area contributed by atoms with Crippen molar-refractivity contribution < 1.29 is 17.6 Å². The third-order valence-electron chi connectivity index (χ3n) is 5.22. The molecule has 1 heterocycles. The number of amides is 1. The Morgan fingerprint density at radius 3 is 2.68 bits per heavy atom. The van der Waals surface area contributed by atoms with Crippen molar-refractivity contribution in [3.63, 3.8) is 0 Å². The molecule has 1 aliphatic heterocycles.